The van der Waals surface area contributed by atoms with Gasteiger partial charge in [-0.15, -0.1) is 0 Å². The van der Waals surface area contributed by atoms with Crippen molar-refractivity contribution in [2.75, 3.05) is 13.1 Å². The summed E-state index contributed by atoms with van der Waals surface area (Å²) in [6, 6.07) is 0.468. The number of aryl methyl sites for hydroxylation is 1. The minimum absolute atomic E-state index is 0.0542. The lowest BCUT2D eigenvalue weighted by atomic mass is 10.2. The number of likely N-dealkylation sites (tertiary alicyclic amines) is 1. The fourth-order valence-electron chi connectivity index (χ4n) is 2.84. The van der Waals surface area contributed by atoms with Gasteiger partial charge in [0.15, 0.2) is 0 Å². The van der Waals surface area contributed by atoms with Gasteiger partial charge in [0.1, 0.15) is 10.2 Å². The lowest BCUT2D eigenvalue weighted by Crippen LogP contribution is -2.35. The zero-order valence-corrected chi connectivity index (χ0v) is 12.1. The topological polar surface area (TPSA) is 51.0 Å². The zero-order valence-electron chi connectivity index (χ0n) is 11.3. The maximum atomic E-state index is 12.4. The Kier molecular flexibility index (Phi) is 3.36. The third-order valence-corrected chi connectivity index (χ3v) is 4.84. The van der Waals surface area contributed by atoms with Gasteiger partial charge in [-0.3, -0.25) is 14.3 Å². The van der Waals surface area contributed by atoms with Gasteiger partial charge >= 0.3 is 0 Å². The van der Waals surface area contributed by atoms with Crippen molar-refractivity contribution in [2.45, 2.75) is 39.3 Å². The highest BCUT2D eigenvalue weighted by Crippen LogP contribution is 2.19. The summed E-state index contributed by atoms with van der Waals surface area (Å²) in [6.45, 7) is 7.01. The smallest absolute Gasteiger partial charge is 0.272 e. The van der Waals surface area contributed by atoms with Crippen LogP contribution in [0.15, 0.2) is 11.1 Å². The summed E-state index contributed by atoms with van der Waals surface area (Å²) in [5, 5.41) is 0. The third kappa shape index (κ3) is 2.19. The Morgan fingerprint density at radius 2 is 2.37 bits per heavy atom. The molecule has 1 unspecified atom stereocenters. The Balaban J connectivity index is 1.93. The Bertz CT molecular complexity index is 648. The summed E-state index contributed by atoms with van der Waals surface area (Å²) in [7, 11) is 0. The first-order chi connectivity index (χ1) is 9.20. The quantitative estimate of drug-likeness (QED) is 0.856. The highest BCUT2D eigenvalue weighted by molar-refractivity contribution is 7.13. The molecule has 5 nitrogen and oxygen atoms in total. The molecule has 0 amide bonds. The van der Waals surface area contributed by atoms with Gasteiger partial charge in [-0.1, -0.05) is 6.92 Å². The van der Waals surface area contributed by atoms with Gasteiger partial charge in [0.05, 0.1) is 12.0 Å². The molecule has 0 bridgehead atoms. The van der Waals surface area contributed by atoms with E-state index in [4.69, 9.17) is 0 Å². The van der Waals surface area contributed by atoms with Crippen molar-refractivity contribution in [3.8, 4) is 0 Å². The van der Waals surface area contributed by atoms with Crippen LogP contribution in [0.3, 0.4) is 0 Å². The van der Waals surface area contributed by atoms with Crippen LogP contribution >= 0.6 is 11.5 Å². The predicted molar refractivity (Wildman–Crippen MR) is 76.7 cm³/mol. The van der Waals surface area contributed by atoms with Crippen LogP contribution in [0, 0.1) is 6.92 Å². The van der Waals surface area contributed by atoms with Crippen molar-refractivity contribution in [2.24, 2.45) is 0 Å². The van der Waals surface area contributed by atoms with Gasteiger partial charge in [-0.05, 0) is 44.4 Å². The van der Waals surface area contributed by atoms with Crippen LogP contribution < -0.4 is 5.56 Å². The zero-order chi connectivity index (χ0) is 13.4. The Labute approximate surface area is 116 Å². The maximum absolute atomic E-state index is 12.4. The first kappa shape index (κ1) is 12.7. The molecule has 0 radical (unpaired) electrons. The Morgan fingerprint density at radius 1 is 1.53 bits per heavy atom. The Hall–Kier alpha value is -1.27. The average molecular weight is 278 g/mol. The second-order valence-electron chi connectivity index (χ2n) is 5.07. The highest BCUT2D eigenvalue weighted by Gasteiger charge is 2.24. The monoisotopic (exact) mass is 278 g/mol. The second kappa shape index (κ2) is 5.02. The molecule has 0 aliphatic carbocycles. The molecule has 1 atom stereocenters. The molecule has 3 rings (SSSR count). The molecule has 1 saturated heterocycles. The van der Waals surface area contributed by atoms with Gasteiger partial charge in [0, 0.05) is 12.6 Å². The van der Waals surface area contributed by atoms with E-state index in [-0.39, 0.29) is 5.56 Å². The molecule has 19 heavy (non-hydrogen) atoms. The molecule has 1 aliphatic rings. The number of rotatable bonds is 3. The number of hydrogen-bond acceptors (Lipinski definition) is 5. The molecule has 102 valence electrons. The van der Waals surface area contributed by atoms with Crippen molar-refractivity contribution in [3.05, 3.63) is 22.4 Å². The summed E-state index contributed by atoms with van der Waals surface area (Å²) in [5.74, 6) is 0. The van der Waals surface area contributed by atoms with Crippen LogP contribution in [0.2, 0.25) is 0 Å². The first-order valence-electron chi connectivity index (χ1n) is 6.76. The second-order valence-corrected chi connectivity index (χ2v) is 5.85. The SMILES string of the molecule is CCN1CCCC1Cn1cnc2c(C)nsc2c1=O. The van der Waals surface area contributed by atoms with Crippen LogP contribution in [0.1, 0.15) is 25.5 Å². The van der Waals surface area contributed by atoms with Crippen molar-refractivity contribution < 1.29 is 0 Å². The Morgan fingerprint density at radius 3 is 3.16 bits per heavy atom. The van der Waals surface area contributed by atoms with Crippen LogP contribution in [0.4, 0.5) is 0 Å². The number of likely N-dealkylation sites (N-methyl/N-ethyl adjacent to an activating group) is 1. The minimum atomic E-state index is 0.0542. The molecule has 6 heteroatoms. The van der Waals surface area contributed by atoms with E-state index < -0.39 is 0 Å². The van der Waals surface area contributed by atoms with E-state index in [1.54, 1.807) is 10.9 Å². The van der Waals surface area contributed by atoms with E-state index in [9.17, 15) is 4.79 Å². The van der Waals surface area contributed by atoms with Crippen LogP contribution in [-0.2, 0) is 6.54 Å². The molecule has 1 aliphatic heterocycles. The van der Waals surface area contributed by atoms with Gasteiger partial charge in [-0.2, -0.15) is 4.37 Å². The van der Waals surface area contributed by atoms with E-state index in [1.807, 2.05) is 6.92 Å². The molecule has 2 aromatic heterocycles. The molecule has 2 aromatic rings. The summed E-state index contributed by atoms with van der Waals surface area (Å²) in [6.07, 6.45) is 4.07. The largest absolute Gasteiger partial charge is 0.299 e. The van der Waals surface area contributed by atoms with Crippen LogP contribution in [0.5, 0.6) is 0 Å². The summed E-state index contributed by atoms with van der Waals surface area (Å²) in [5.41, 5.74) is 1.66. The number of fused-ring (bicyclic) bond motifs is 1. The van der Waals surface area contributed by atoms with Gasteiger partial charge < -0.3 is 0 Å². The van der Waals surface area contributed by atoms with Gasteiger partial charge in [0.2, 0.25) is 0 Å². The van der Waals surface area contributed by atoms with Crippen molar-refractivity contribution in [3.63, 3.8) is 0 Å². The molecule has 0 spiro atoms. The van der Waals surface area contributed by atoms with Crippen LogP contribution in [-0.4, -0.2) is 38.0 Å². The number of hydrogen-bond donors (Lipinski definition) is 0. The standard InChI is InChI=1S/C13H18N4OS/c1-3-16-6-4-5-10(16)7-17-8-14-11-9(2)15-19-12(11)13(17)18/h8,10H,3-7H2,1-2H3. The summed E-state index contributed by atoms with van der Waals surface area (Å²) < 4.78 is 6.65. The van der Waals surface area contributed by atoms with Crippen molar-refractivity contribution in [1.82, 2.24) is 18.8 Å². The fraction of sp³-hybridized carbons (Fsp3) is 0.615. The van der Waals surface area contributed by atoms with Gasteiger partial charge in [-0.25, -0.2) is 4.98 Å². The van der Waals surface area contributed by atoms with E-state index in [0.29, 0.717) is 10.7 Å². The molecule has 0 N–H and O–H groups in total. The molecule has 0 aromatic carbocycles. The summed E-state index contributed by atoms with van der Waals surface area (Å²) >= 11 is 1.26. The fourth-order valence-corrected chi connectivity index (χ4v) is 3.64. The van der Waals surface area contributed by atoms with Crippen molar-refractivity contribution >= 4 is 21.7 Å². The third-order valence-electron chi connectivity index (χ3n) is 3.93. The lowest BCUT2D eigenvalue weighted by Gasteiger charge is -2.23. The van der Waals surface area contributed by atoms with E-state index in [0.717, 1.165) is 30.8 Å². The van der Waals surface area contributed by atoms with Gasteiger partial charge in [0.25, 0.3) is 5.56 Å². The predicted octanol–water partition coefficient (Wildman–Crippen LogP) is 1.65. The van der Waals surface area contributed by atoms with E-state index >= 15 is 0 Å². The average Bonchev–Trinajstić information content (AvgIpc) is 3.00. The molecular formula is C13H18N4OS. The highest BCUT2D eigenvalue weighted by atomic mass is 32.1. The minimum Gasteiger partial charge on any atom is -0.299 e. The number of aromatic nitrogens is 3. The number of nitrogens with zero attached hydrogens (tertiary/aromatic N) is 4. The maximum Gasteiger partial charge on any atom is 0.272 e. The lowest BCUT2D eigenvalue weighted by molar-refractivity contribution is 0.242. The first-order valence-corrected chi connectivity index (χ1v) is 7.53. The molecular weight excluding hydrogens is 260 g/mol. The molecule has 1 fully saturated rings. The molecule has 0 saturated carbocycles. The van der Waals surface area contributed by atoms with Crippen molar-refractivity contribution in [1.29, 1.82) is 0 Å². The van der Waals surface area contributed by atoms with Crippen LogP contribution in [0.25, 0.3) is 10.2 Å². The normalized spacial score (nSPS) is 20.4. The van der Waals surface area contributed by atoms with E-state index in [2.05, 4.69) is 21.2 Å². The van der Waals surface area contributed by atoms with E-state index in [1.165, 1.54) is 24.4 Å². The summed E-state index contributed by atoms with van der Waals surface area (Å²) in [4.78, 5) is 19.2. The molecule has 3 heterocycles.